The first-order chi connectivity index (χ1) is 20.2. The number of aryl methyl sites for hydroxylation is 2. The second-order valence-electron chi connectivity index (χ2n) is 11.7. The van der Waals surface area contributed by atoms with Gasteiger partial charge in [0.15, 0.2) is 0 Å². The summed E-state index contributed by atoms with van der Waals surface area (Å²) < 4.78 is 17.4. The van der Waals surface area contributed by atoms with Gasteiger partial charge < -0.3 is 34.3 Å². The molecule has 2 saturated heterocycles. The fraction of sp³-hybridized carbons (Fsp3) is 0.594. The van der Waals surface area contributed by atoms with E-state index in [-0.39, 0.29) is 35.9 Å². The van der Waals surface area contributed by atoms with Crippen molar-refractivity contribution in [1.82, 2.24) is 15.2 Å². The van der Waals surface area contributed by atoms with Crippen LogP contribution in [0.4, 0.5) is 5.69 Å². The van der Waals surface area contributed by atoms with Crippen molar-refractivity contribution in [3.05, 3.63) is 56.5 Å². The number of ether oxygens (including phenoxy) is 3. The molecule has 42 heavy (non-hydrogen) atoms. The molecule has 0 bridgehead atoms. The highest BCUT2D eigenvalue weighted by Crippen LogP contribution is 2.37. The van der Waals surface area contributed by atoms with E-state index in [0.717, 1.165) is 55.1 Å². The fourth-order valence-electron chi connectivity index (χ4n) is 6.36. The number of nitrogens with one attached hydrogen (secondary N) is 2. The third-order valence-corrected chi connectivity index (χ3v) is 8.87. The standard InChI is InChI=1S/C32H44N4O6/c1-5-36(24-6-10-40-11-7-24)29-18-26(42-25-15-23(16-25)32(39)35-8-12-41-13-9-35)17-27(22(29)4)30(37)33-19-28-20(2)14-21(3)34-31(28)38/h14,17-18,23-25H,5-13,15-16,19H2,1-4H3,(H,33,37)(H,34,38). The maximum absolute atomic E-state index is 13.6. The van der Waals surface area contributed by atoms with Gasteiger partial charge in [-0.2, -0.15) is 0 Å². The summed E-state index contributed by atoms with van der Waals surface area (Å²) in [5.74, 6) is 0.514. The molecule has 0 radical (unpaired) electrons. The van der Waals surface area contributed by atoms with Gasteiger partial charge in [0.25, 0.3) is 11.5 Å². The highest BCUT2D eigenvalue weighted by Gasteiger charge is 2.39. The summed E-state index contributed by atoms with van der Waals surface area (Å²) >= 11 is 0. The van der Waals surface area contributed by atoms with Crippen LogP contribution in [0.25, 0.3) is 0 Å². The number of carbonyl (C=O) groups is 2. The Kier molecular flexibility index (Phi) is 9.53. The van der Waals surface area contributed by atoms with E-state index in [2.05, 4.69) is 22.1 Å². The zero-order chi connectivity index (χ0) is 29.8. The molecule has 2 aromatic rings. The predicted molar refractivity (Wildman–Crippen MR) is 160 cm³/mol. The maximum atomic E-state index is 13.6. The molecule has 0 atom stereocenters. The summed E-state index contributed by atoms with van der Waals surface area (Å²) in [6.45, 7) is 12.6. The van der Waals surface area contributed by atoms with Crippen molar-refractivity contribution in [3.8, 4) is 5.75 Å². The van der Waals surface area contributed by atoms with E-state index in [9.17, 15) is 14.4 Å². The Labute approximate surface area is 247 Å². The molecule has 10 heteroatoms. The van der Waals surface area contributed by atoms with Gasteiger partial charge in [-0.25, -0.2) is 0 Å². The number of amides is 2. The number of anilines is 1. The number of pyridine rings is 1. The number of H-pyrrole nitrogens is 1. The molecular weight excluding hydrogens is 536 g/mol. The summed E-state index contributed by atoms with van der Waals surface area (Å²) in [4.78, 5) is 46.1. The molecule has 1 aromatic carbocycles. The van der Waals surface area contributed by atoms with Crippen molar-refractivity contribution >= 4 is 17.5 Å². The zero-order valence-electron chi connectivity index (χ0n) is 25.3. The van der Waals surface area contributed by atoms with E-state index in [1.807, 2.05) is 37.8 Å². The monoisotopic (exact) mass is 580 g/mol. The van der Waals surface area contributed by atoms with Gasteiger partial charge in [0.2, 0.25) is 5.91 Å². The Hall–Kier alpha value is -3.37. The summed E-state index contributed by atoms with van der Waals surface area (Å²) in [5, 5.41) is 2.97. The topological polar surface area (TPSA) is 113 Å². The number of rotatable bonds is 9. The van der Waals surface area contributed by atoms with Crippen LogP contribution in [0.5, 0.6) is 5.75 Å². The fourth-order valence-corrected chi connectivity index (χ4v) is 6.36. The van der Waals surface area contributed by atoms with Crippen LogP contribution in [0.15, 0.2) is 23.0 Å². The van der Waals surface area contributed by atoms with Crippen LogP contribution in [-0.4, -0.2) is 79.9 Å². The van der Waals surface area contributed by atoms with E-state index in [1.165, 1.54) is 0 Å². The predicted octanol–water partition coefficient (Wildman–Crippen LogP) is 3.25. The average Bonchev–Trinajstić information content (AvgIpc) is 2.96. The van der Waals surface area contributed by atoms with E-state index in [0.29, 0.717) is 62.1 Å². The van der Waals surface area contributed by atoms with Gasteiger partial charge in [-0.05, 0) is 76.6 Å². The molecule has 3 heterocycles. The van der Waals surface area contributed by atoms with Crippen LogP contribution in [0, 0.1) is 26.7 Å². The molecule has 5 rings (SSSR count). The Morgan fingerprint density at radius 1 is 1.05 bits per heavy atom. The molecule has 1 saturated carbocycles. The highest BCUT2D eigenvalue weighted by molar-refractivity contribution is 5.97. The van der Waals surface area contributed by atoms with Crippen LogP contribution in [0.3, 0.4) is 0 Å². The van der Waals surface area contributed by atoms with Crippen LogP contribution in [-0.2, 0) is 20.8 Å². The maximum Gasteiger partial charge on any atom is 0.253 e. The second-order valence-corrected chi connectivity index (χ2v) is 11.7. The molecule has 2 N–H and O–H groups in total. The number of aromatic amines is 1. The molecule has 2 amide bonds. The Bertz CT molecular complexity index is 1340. The summed E-state index contributed by atoms with van der Waals surface area (Å²) in [6, 6.07) is 6.05. The zero-order valence-corrected chi connectivity index (χ0v) is 25.3. The van der Waals surface area contributed by atoms with E-state index < -0.39 is 0 Å². The van der Waals surface area contributed by atoms with E-state index in [1.54, 1.807) is 6.07 Å². The smallest absolute Gasteiger partial charge is 0.253 e. The van der Waals surface area contributed by atoms with Gasteiger partial charge in [-0.1, -0.05) is 0 Å². The minimum Gasteiger partial charge on any atom is -0.490 e. The third kappa shape index (κ3) is 6.65. The largest absolute Gasteiger partial charge is 0.490 e. The second kappa shape index (κ2) is 13.3. The molecule has 3 aliphatic rings. The number of morpholine rings is 1. The first kappa shape index (κ1) is 30.1. The van der Waals surface area contributed by atoms with Crippen LogP contribution >= 0.6 is 0 Å². The van der Waals surface area contributed by atoms with E-state index in [4.69, 9.17) is 14.2 Å². The van der Waals surface area contributed by atoms with Gasteiger partial charge in [-0.3, -0.25) is 14.4 Å². The van der Waals surface area contributed by atoms with Crippen molar-refractivity contribution in [2.75, 3.05) is 51.0 Å². The quantitative estimate of drug-likeness (QED) is 0.468. The Balaban J connectivity index is 1.36. The number of nitrogens with zero attached hydrogens (tertiary/aromatic N) is 2. The minimum absolute atomic E-state index is 0.0361. The van der Waals surface area contributed by atoms with Gasteiger partial charge in [0.05, 0.1) is 13.2 Å². The van der Waals surface area contributed by atoms with Crippen molar-refractivity contribution in [3.63, 3.8) is 0 Å². The first-order valence-corrected chi connectivity index (χ1v) is 15.2. The van der Waals surface area contributed by atoms with Crippen molar-refractivity contribution in [2.45, 2.75) is 72.1 Å². The molecule has 0 spiro atoms. The molecule has 1 aliphatic carbocycles. The van der Waals surface area contributed by atoms with Crippen LogP contribution in [0.1, 0.15) is 65.3 Å². The normalized spacial score (nSPS) is 21.0. The van der Waals surface area contributed by atoms with Crippen molar-refractivity contribution in [2.24, 2.45) is 5.92 Å². The first-order valence-electron chi connectivity index (χ1n) is 15.2. The summed E-state index contributed by atoms with van der Waals surface area (Å²) in [6.07, 6.45) is 3.08. The number of hydrogen-bond acceptors (Lipinski definition) is 7. The number of aromatic nitrogens is 1. The lowest BCUT2D eigenvalue weighted by Gasteiger charge is -2.39. The van der Waals surface area contributed by atoms with Crippen LogP contribution < -0.4 is 20.5 Å². The SMILES string of the molecule is CCN(c1cc(OC2CC(C(=O)N3CCOCC3)C2)cc(C(=O)NCc2c(C)cc(C)[nH]c2=O)c1C)C1CCOCC1. The van der Waals surface area contributed by atoms with Crippen LogP contribution in [0.2, 0.25) is 0 Å². The van der Waals surface area contributed by atoms with Gasteiger partial charge in [0.1, 0.15) is 11.9 Å². The lowest BCUT2D eigenvalue weighted by atomic mass is 9.81. The summed E-state index contributed by atoms with van der Waals surface area (Å²) in [7, 11) is 0. The highest BCUT2D eigenvalue weighted by atomic mass is 16.5. The molecule has 2 aliphatic heterocycles. The third-order valence-electron chi connectivity index (χ3n) is 8.87. The van der Waals surface area contributed by atoms with Gasteiger partial charge >= 0.3 is 0 Å². The van der Waals surface area contributed by atoms with Crippen molar-refractivity contribution < 1.29 is 23.8 Å². The van der Waals surface area contributed by atoms with Gasteiger partial charge in [-0.15, -0.1) is 0 Å². The molecule has 228 valence electrons. The lowest BCUT2D eigenvalue weighted by molar-refractivity contribution is -0.145. The molecular formula is C32H44N4O6. The molecule has 0 unspecified atom stereocenters. The minimum atomic E-state index is -0.254. The number of carbonyl (C=O) groups excluding carboxylic acids is 2. The van der Waals surface area contributed by atoms with E-state index >= 15 is 0 Å². The Morgan fingerprint density at radius 2 is 1.74 bits per heavy atom. The Morgan fingerprint density at radius 3 is 2.40 bits per heavy atom. The number of hydrogen-bond donors (Lipinski definition) is 2. The average molecular weight is 581 g/mol. The van der Waals surface area contributed by atoms with Crippen molar-refractivity contribution in [1.29, 1.82) is 0 Å². The lowest BCUT2D eigenvalue weighted by Crippen LogP contribution is -2.49. The molecule has 10 nitrogen and oxygen atoms in total. The summed E-state index contributed by atoms with van der Waals surface area (Å²) in [5.41, 5.74) is 4.35. The molecule has 1 aromatic heterocycles. The molecule has 3 fully saturated rings. The van der Waals surface area contributed by atoms with Gasteiger partial charge in [0, 0.05) is 79.9 Å². The number of benzene rings is 1.